The van der Waals surface area contributed by atoms with E-state index < -0.39 is 11.9 Å². The predicted octanol–water partition coefficient (Wildman–Crippen LogP) is 4.43. The van der Waals surface area contributed by atoms with Crippen molar-refractivity contribution in [1.29, 1.82) is 0 Å². The van der Waals surface area contributed by atoms with Gasteiger partial charge in [-0.25, -0.2) is 9.97 Å². The maximum Gasteiger partial charge on any atom is 0.433 e. The van der Waals surface area contributed by atoms with Gasteiger partial charge in [-0.05, 0) is 30.7 Å². The zero-order valence-electron chi connectivity index (χ0n) is 10.4. The van der Waals surface area contributed by atoms with Crippen LogP contribution in [-0.2, 0) is 6.18 Å². The first kappa shape index (κ1) is 14.8. The van der Waals surface area contributed by atoms with E-state index in [0.717, 1.165) is 22.3 Å². The van der Waals surface area contributed by atoms with Crippen molar-refractivity contribution in [1.82, 2.24) is 9.97 Å². The zero-order valence-corrected chi connectivity index (χ0v) is 12.0. The van der Waals surface area contributed by atoms with Gasteiger partial charge in [0.05, 0.1) is 6.04 Å². The Morgan fingerprint density at radius 2 is 1.80 bits per heavy atom. The fourth-order valence-corrected chi connectivity index (χ4v) is 1.88. The molecule has 1 aromatic heterocycles. The molecule has 0 spiro atoms. The van der Waals surface area contributed by atoms with Gasteiger partial charge in [-0.1, -0.05) is 28.1 Å². The number of alkyl halides is 3. The molecule has 0 radical (unpaired) electrons. The lowest BCUT2D eigenvalue weighted by molar-refractivity contribution is -0.141. The van der Waals surface area contributed by atoms with Crippen LogP contribution in [0.5, 0.6) is 0 Å². The average Bonchev–Trinajstić information content (AvgIpc) is 2.38. The fourth-order valence-electron chi connectivity index (χ4n) is 1.61. The molecule has 2 rings (SSSR count). The van der Waals surface area contributed by atoms with E-state index in [9.17, 15) is 13.2 Å². The summed E-state index contributed by atoms with van der Waals surface area (Å²) in [5.41, 5.74) is -0.0350. The molecule has 0 bridgehead atoms. The molecule has 0 fully saturated rings. The Balaban J connectivity index is 2.15. The quantitative estimate of drug-likeness (QED) is 0.893. The Hall–Kier alpha value is -1.63. The second-order valence-corrected chi connectivity index (χ2v) is 5.10. The molecular formula is C13H11BrF3N3. The highest BCUT2D eigenvalue weighted by molar-refractivity contribution is 9.10. The summed E-state index contributed by atoms with van der Waals surface area (Å²) in [6.45, 7) is 1.83. The van der Waals surface area contributed by atoms with E-state index in [2.05, 4.69) is 31.2 Å². The monoisotopic (exact) mass is 345 g/mol. The number of aromatic nitrogens is 2. The molecule has 0 amide bonds. The Morgan fingerprint density at radius 3 is 2.40 bits per heavy atom. The maximum absolute atomic E-state index is 12.5. The third-order valence-electron chi connectivity index (χ3n) is 2.66. The molecule has 1 heterocycles. The lowest BCUT2D eigenvalue weighted by Gasteiger charge is -2.15. The van der Waals surface area contributed by atoms with E-state index >= 15 is 0 Å². The van der Waals surface area contributed by atoms with E-state index in [4.69, 9.17) is 0 Å². The minimum atomic E-state index is -4.47. The van der Waals surface area contributed by atoms with Gasteiger partial charge >= 0.3 is 6.18 Å². The van der Waals surface area contributed by atoms with Crippen LogP contribution in [0.2, 0.25) is 0 Å². The van der Waals surface area contributed by atoms with E-state index in [1.165, 1.54) is 0 Å². The van der Waals surface area contributed by atoms with Crippen LogP contribution < -0.4 is 5.32 Å². The second-order valence-electron chi connectivity index (χ2n) is 4.18. The van der Waals surface area contributed by atoms with E-state index in [1.54, 1.807) is 0 Å². The molecule has 0 aliphatic rings. The first-order valence-corrected chi connectivity index (χ1v) is 6.58. The van der Waals surface area contributed by atoms with Crippen LogP contribution in [0, 0.1) is 0 Å². The molecule has 3 nitrogen and oxygen atoms in total. The normalized spacial score (nSPS) is 13.1. The Kier molecular flexibility index (Phi) is 4.27. The van der Waals surface area contributed by atoms with Crippen LogP contribution in [0.1, 0.15) is 24.2 Å². The summed E-state index contributed by atoms with van der Waals surface area (Å²) in [7, 11) is 0. The molecule has 0 saturated carbocycles. The van der Waals surface area contributed by atoms with Gasteiger partial charge in [0.1, 0.15) is 5.69 Å². The number of benzene rings is 1. The summed E-state index contributed by atoms with van der Waals surface area (Å²) in [6, 6.07) is 8.10. The van der Waals surface area contributed by atoms with Gasteiger partial charge < -0.3 is 5.32 Å². The molecule has 1 unspecified atom stereocenters. The van der Waals surface area contributed by atoms with Crippen LogP contribution in [0.4, 0.5) is 19.1 Å². The molecule has 2 aromatic rings. The number of rotatable bonds is 3. The summed E-state index contributed by atoms with van der Waals surface area (Å²) in [4.78, 5) is 7.28. The highest BCUT2D eigenvalue weighted by Gasteiger charge is 2.32. The van der Waals surface area contributed by atoms with Gasteiger partial charge in [0, 0.05) is 10.7 Å². The summed E-state index contributed by atoms with van der Waals surface area (Å²) >= 11 is 3.32. The number of nitrogens with one attached hydrogen (secondary N) is 1. The SMILES string of the molecule is CC(Nc1nccc(C(F)(F)F)n1)c1ccc(Br)cc1. The zero-order chi connectivity index (χ0) is 14.8. The number of anilines is 1. The maximum atomic E-state index is 12.5. The van der Waals surface area contributed by atoms with Crippen molar-refractivity contribution in [3.8, 4) is 0 Å². The summed E-state index contributed by atoms with van der Waals surface area (Å²) in [5.74, 6) is -0.0461. The van der Waals surface area contributed by atoms with Crippen molar-refractivity contribution >= 4 is 21.9 Å². The van der Waals surface area contributed by atoms with Crippen LogP contribution in [0.25, 0.3) is 0 Å². The van der Waals surface area contributed by atoms with Crippen molar-refractivity contribution in [2.75, 3.05) is 5.32 Å². The van der Waals surface area contributed by atoms with Crippen LogP contribution >= 0.6 is 15.9 Å². The van der Waals surface area contributed by atoms with Gasteiger partial charge in [0.25, 0.3) is 0 Å². The molecule has 20 heavy (non-hydrogen) atoms. The van der Waals surface area contributed by atoms with E-state index in [0.29, 0.717) is 0 Å². The highest BCUT2D eigenvalue weighted by atomic mass is 79.9. The third kappa shape index (κ3) is 3.69. The molecule has 0 saturated heterocycles. The van der Waals surface area contributed by atoms with Gasteiger partial charge in [-0.2, -0.15) is 13.2 Å². The molecule has 1 aromatic carbocycles. The van der Waals surface area contributed by atoms with E-state index in [1.807, 2.05) is 31.2 Å². The minimum Gasteiger partial charge on any atom is -0.348 e. The minimum absolute atomic E-state index is 0.0461. The predicted molar refractivity (Wildman–Crippen MR) is 73.2 cm³/mol. The Bertz CT molecular complexity index is 584. The van der Waals surface area contributed by atoms with Crippen molar-refractivity contribution in [2.24, 2.45) is 0 Å². The number of nitrogens with zero attached hydrogens (tertiary/aromatic N) is 2. The number of hydrogen-bond donors (Lipinski definition) is 1. The Labute approximate surface area is 122 Å². The van der Waals surface area contributed by atoms with Crippen molar-refractivity contribution in [3.63, 3.8) is 0 Å². The second kappa shape index (κ2) is 5.78. The van der Waals surface area contributed by atoms with Crippen LogP contribution in [0.3, 0.4) is 0 Å². The van der Waals surface area contributed by atoms with Crippen molar-refractivity contribution in [3.05, 3.63) is 52.3 Å². The first-order valence-electron chi connectivity index (χ1n) is 5.78. The molecule has 1 N–H and O–H groups in total. The molecule has 0 aliphatic carbocycles. The summed E-state index contributed by atoms with van der Waals surface area (Å²) in [5, 5.41) is 2.85. The molecular weight excluding hydrogens is 335 g/mol. The van der Waals surface area contributed by atoms with Gasteiger partial charge in [-0.3, -0.25) is 0 Å². The van der Waals surface area contributed by atoms with Crippen molar-refractivity contribution in [2.45, 2.75) is 19.1 Å². The summed E-state index contributed by atoms with van der Waals surface area (Å²) in [6.07, 6.45) is -3.38. The van der Waals surface area contributed by atoms with Crippen LogP contribution in [0.15, 0.2) is 41.0 Å². The summed E-state index contributed by atoms with van der Waals surface area (Å²) < 4.78 is 38.6. The average molecular weight is 346 g/mol. The fraction of sp³-hybridized carbons (Fsp3) is 0.231. The van der Waals surface area contributed by atoms with Crippen LogP contribution in [-0.4, -0.2) is 9.97 Å². The molecule has 106 valence electrons. The standard InChI is InChI=1S/C13H11BrF3N3/c1-8(9-2-4-10(14)5-3-9)19-12-18-7-6-11(20-12)13(15,16)17/h2-8H,1H3,(H,18,19,20). The van der Waals surface area contributed by atoms with Gasteiger partial charge in [-0.15, -0.1) is 0 Å². The molecule has 7 heteroatoms. The largest absolute Gasteiger partial charge is 0.433 e. The third-order valence-corrected chi connectivity index (χ3v) is 3.19. The van der Waals surface area contributed by atoms with E-state index in [-0.39, 0.29) is 12.0 Å². The van der Waals surface area contributed by atoms with Gasteiger partial charge in [0.15, 0.2) is 0 Å². The smallest absolute Gasteiger partial charge is 0.348 e. The lowest BCUT2D eigenvalue weighted by Crippen LogP contribution is -2.13. The number of hydrogen-bond acceptors (Lipinski definition) is 3. The van der Waals surface area contributed by atoms with Crippen molar-refractivity contribution < 1.29 is 13.2 Å². The highest BCUT2D eigenvalue weighted by Crippen LogP contribution is 2.28. The molecule has 0 aliphatic heterocycles. The number of halogens is 4. The Morgan fingerprint density at radius 1 is 1.15 bits per heavy atom. The van der Waals surface area contributed by atoms with Gasteiger partial charge in [0.2, 0.25) is 5.95 Å². The first-order chi connectivity index (χ1) is 9.36. The topological polar surface area (TPSA) is 37.8 Å². The molecule has 1 atom stereocenters. The lowest BCUT2D eigenvalue weighted by atomic mass is 10.1.